The van der Waals surface area contributed by atoms with Gasteiger partial charge in [-0.2, -0.15) is 0 Å². The Bertz CT molecular complexity index is 816. The molecule has 7 heteroatoms. The molecule has 0 bridgehead atoms. The molecule has 0 aliphatic carbocycles. The molecule has 0 atom stereocenters. The molecule has 1 fully saturated rings. The molecule has 142 valence electrons. The Morgan fingerprint density at radius 1 is 1.11 bits per heavy atom. The minimum Gasteiger partial charge on any atom is -0.379 e. The van der Waals surface area contributed by atoms with Crippen LogP contribution in [0.2, 0.25) is 0 Å². The Labute approximate surface area is 158 Å². The fourth-order valence-electron chi connectivity index (χ4n) is 3.28. The van der Waals surface area contributed by atoms with Gasteiger partial charge in [0.2, 0.25) is 5.91 Å². The summed E-state index contributed by atoms with van der Waals surface area (Å²) in [6.07, 6.45) is 0.316. The summed E-state index contributed by atoms with van der Waals surface area (Å²) in [4.78, 5) is 27.2. The number of nitro groups is 1. The highest BCUT2D eigenvalue weighted by Gasteiger charge is 2.21. The van der Waals surface area contributed by atoms with Gasteiger partial charge in [-0.1, -0.05) is 24.3 Å². The summed E-state index contributed by atoms with van der Waals surface area (Å²) in [5.41, 5.74) is 2.89. The van der Waals surface area contributed by atoms with Gasteiger partial charge in [-0.3, -0.25) is 14.9 Å². The molecule has 1 amide bonds. The molecule has 2 aromatic rings. The van der Waals surface area contributed by atoms with E-state index in [0.29, 0.717) is 31.7 Å². The van der Waals surface area contributed by atoms with E-state index >= 15 is 0 Å². The smallest absolute Gasteiger partial charge is 0.292 e. The number of carbonyl (C=O) groups is 1. The van der Waals surface area contributed by atoms with Crippen molar-refractivity contribution in [3.8, 4) is 0 Å². The van der Waals surface area contributed by atoms with Crippen LogP contribution in [0.1, 0.15) is 12.0 Å². The maximum Gasteiger partial charge on any atom is 0.292 e. The highest BCUT2D eigenvalue weighted by Crippen LogP contribution is 2.23. The van der Waals surface area contributed by atoms with Gasteiger partial charge in [0.15, 0.2) is 0 Å². The third-order valence-corrected chi connectivity index (χ3v) is 4.75. The Morgan fingerprint density at radius 3 is 2.56 bits per heavy atom. The third kappa shape index (κ3) is 4.75. The Balaban J connectivity index is 1.47. The predicted molar refractivity (Wildman–Crippen MR) is 106 cm³/mol. The second-order valence-electron chi connectivity index (χ2n) is 6.66. The van der Waals surface area contributed by atoms with Gasteiger partial charge in [-0.25, -0.2) is 0 Å². The molecular weight excluding hydrogens is 344 g/mol. The first-order valence-electron chi connectivity index (χ1n) is 9.11. The number of nitrogens with zero attached hydrogens (tertiary/aromatic N) is 3. The summed E-state index contributed by atoms with van der Waals surface area (Å²) in [6.45, 7) is 5.46. The summed E-state index contributed by atoms with van der Waals surface area (Å²) in [5, 5.41) is 14.0. The average molecular weight is 368 g/mol. The van der Waals surface area contributed by atoms with Crippen LogP contribution in [-0.2, 0) is 4.79 Å². The summed E-state index contributed by atoms with van der Waals surface area (Å²) in [7, 11) is 0. The number of hydrogen-bond acceptors (Lipinski definition) is 5. The first kappa shape index (κ1) is 18.7. The van der Waals surface area contributed by atoms with Crippen LogP contribution in [0.5, 0.6) is 0 Å². The first-order valence-corrected chi connectivity index (χ1v) is 9.11. The number of nitrogens with one attached hydrogen (secondary N) is 1. The van der Waals surface area contributed by atoms with Crippen LogP contribution in [0.4, 0.5) is 17.1 Å². The number of amides is 1. The van der Waals surface area contributed by atoms with Crippen LogP contribution < -0.4 is 10.2 Å². The van der Waals surface area contributed by atoms with E-state index in [2.05, 4.69) is 41.4 Å². The highest BCUT2D eigenvalue weighted by atomic mass is 16.6. The molecule has 0 aromatic heterocycles. The number of rotatable bonds is 6. The fourth-order valence-corrected chi connectivity index (χ4v) is 3.28. The molecule has 2 aromatic carbocycles. The van der Waals surface area contributed by atoms with Gasteiger partial charge in [0.25, 0.3) is 5.69 Å². The van der Waals surface area contributed by atoms with E-state index in [1.54, 1.807) is 18.2 Å². The van der Waals surface area contributed by atoms with E-state index < -0.39 is 4.92 Å². The fraction of sp³-hybridized carbons (Fsp3) is 0.350. The quantitative estimate of drug-likeness (QED) is 0.626. The standard InChI is InChI=1S/C20H24N4O3/c1-16-5-4-6-17(15-16)22-11-13-23(14-12-22)20(25)9-10-21-18-7-2-3-8-19(18)24(26)27/h2-8,15,21H,9-14H2,1H3. The molecule has 27 heavy (non-hydrogen) atoms. The number of nitro benzene ring substituents is 1. The number of piperazine rings is 1. The van der Waals surface area contributed by atoms with Gasteiger partial charge >= 0.3 is 0 Å². The summed E-state index contributed by atoms with van der Waals surface area (Å²) >= 11 is 0. The lowest BCUT2D eigenvalue weighted by molar-refractivity contribution is -0.384. The molecule has 0 radical (unpaired) electrons. The zero-order chi connectivity index (χ0) is 19.2. The van der Waals surface area contributed by atoms with Crippen molar-refractivity contribution in [1.29, 1.82) is 0 Å². The van der Waals surface area contributed by atoms with Crippen LogP contribution in [0, 0.1) is 17.0 Å². The lowest BCUT2D eigenvalue weighted by atomic mass is 10.2. The second kappa shape index (κ2) is 8.53. The number of benzene rings is 2. The van der Waals surface area contributed by atoms with Crippen molar-refractivity contribution in [2.24, 2.45) is 0 Å². The van der Waals surface area contributed by atoms with Crippen molar-refractivity contribution in [3.05, 3.63) is 64.2 Å². The van der Waals surface area contributed by atoms with Gasteiger partial charge in [-0.05, 0) is 30.7 Å². The van der Waals surface area contributed by atoms with Crippen LogP contribution in [0.15, 0.2) is 48.5 Å². The Kier molecular flexibility index (Phi) is 5.90. The molecule has 3 rings (SSSR count). The Hall–Kier alpha value is -3.09. The first-order chi connectivity index (χ1) is 13.0. The van der Waals surface area contributed by atoms with Crippen LogP contribution in [-0.4, -0.2) is 48.5 Å². The minimum absolute atomic E-state index is 0.0247. The summed E-state index contributed by atoms with van der Waals surface area (Å²) in [5.74, 6) is 0.0741. The molecule has 1 aliphatic rings. The number of aryl methyl sites for hydroxylation is 1. The molecule has 0 spiro atoms. The summed E-state index contributed by atoms with van der Waals surface area (Å²) < 4.78 is 0. The van der Waals surface area contributed by atoms with Crippen LogP contribution in [0.25, 0.3) is 0 Å². The largest absolute Gasteiger partial charge is 0.379 e. The zero-order valence-corrected chi connectivity index (χ0v) is 15.4. The second-order valence-corrected chi connectivity index (χ2v) is 6.66. The maximum absolute atomic E-state index is 12.4. The van der Waals surface area contributed by atoms with Crippen molar-refractivity contribution in [2.45, 2.75) is 13.3 Å². The monoisotopic (exact) mass is 368 g/mol. The number of carbonyl (C=O) groups excluding carboxylic acids is 1. The third-order valence-electron chi connectivity index (χ3n) is 4.75. The summed E-state index contributed by atoms with van der Waals surface area (Å²) in [6, 6.07) is 14.9. The van der Waals surface area contributed by atoms with Gasteiger partial charge in [-0.15, -0.1) is 0 Å². The van der Waals surface area contributed by atoms with Crippen LogP contribution >= 0.6 is 0 Å². The van der Waals surface area contributed by atoms with E-state index in [0.717, 1.165) is 13.1 Å². The van der Waals surface area contributed by atoms with Crippen LogP contribution in [0.3, 0.4) is 0 Å². The maximum atomic E-state index is 12.4. The van der Waals surface area contributed by atoms with Crippen molar-refractivity contribution in [1.82, 2.24) is 4.90 Å². The number of anilines is 2. The number of para-hydroxylation sites is 2. The van der Waals surface area contributed by atoms with E-state index in [-0.39, 0.29) is 11.6 Å². The van der Waals surface area contributed by atoms with E-state index in [4.69, 9.17) is 0 Å². The van der Waals surface area contributed by atoms with Crippen molar-refractivity contribution in [3.63, 3.8) is 0 Å². The minimum atomic E-state index is -0.422. The van der Waals surface area contributed by atoms with Gasteiger partial charge < -0.3 is 15.1 Å². The topological polar surface area (TPSA) is 78.7 Å². The van der Waals surface area contributed by atoms with Gasteiger partial charge in [0.1, 0.15) is 5.69 Å². The van der Waals surface area contributed by atoms with E-state index in [1.165, 1.54) is 17.3 Å². The Morgan fingerprint density at radius 2 is 1.85 bits per heavy atom. The molecule has 1 N–H and O–H groups in total. The normalized spacial score (nSPS) is 14.1. The van der Waals surface area contributed by atoms with Gasteiger partial charge in [0, 0.05) is 50.9 Å². The number of hydrogen-bond donors (Lipinski definition) is 1. The zero-order valence-electron chi connectivity index (χ0n) is 15.4. The molecule has 7 nitrogen and oxygen atoms in total. The SMILES string of the molecule is Cc1cccc(N2CCN(C(=O)CCNc3ccccc3[N+](=O)[O-])CC2)c1. The van der Waals surface area contributed by atoms with Gasteiger partial charge in [0.05, 0.1) is 4.92 Å². The molecule has 1 saturated heterocycles. The lowest BCUT2D eigenvalue weighted by Crippen LogP contribution is -2.49. The van der Waals surface area contributed by atoms with E-state index in [9.17, 15) is 14.9 Å². The predicted octanol–water partition coefficient (Wildman–Crippen LogP) is 3.05. The van der Waals surface area contributed by atoms with E-state index in [1.807, 2.05) is 4.90 Å². The molecule has 0 saturated carbocycles. The van der Waals surface area contributed by atoms with Crippen molar-refractivity contribution in [2.75, 3.05) is 42.9 Å². The highest BCUT2D eigenvalue weighted by molar-refractivity contribution is 5.77. The molecule has 1 heterocycles. The van der Waals surface area contributed by atoms with Crippen molar-refractivity contribution < 1.29 is 9.72 Å². The molecular formula is C20H24N4O3. The molecule has 1 aliphatic heterocycles. The van der Waals surface area contributed by atoms with Crippen molar-refractivity contribution >= 4 is 23.0 Å². The lowest BCUT2D eigenvalue weighted by Gasteiger charge is -2.36. The molecule has 0 unspecified atom stereocenters. The average Bonchev–Trinajstić information content (AvgIpc) is 2.68.